The fourth-order valence-corrected chi connectivity index (χ4v) is 3.80. The molecule has 2 aromatic rings. The Labute approximate surface area is 165 Å². The van der Waals surface area contributed by atoms with Crippen LogP contribution in [0.2, 0.25) is 5.02 Å². The average molecular weight is 369 g/mol. The molecule has 2 aromatic carbocycles. The molecular weight excluding hydrogens is 336 g/mol. The summed E-state index contributed by atoms with van der Waals surface area (Å²) >= 11 is 6.71. The first-order valence-corrected chi connectivity index (χ1v) is 10.2. The van der Waals surface area contributed by atoms with Crippen LogP contribution in [0.15, 0.2) is 49.1 Å². The zero-order valence-electron chi connectivity index (χ0n) is 17.0. The molecule has 0 aliphatic carbocycles. The van der Waals surface area contributed by atoms with Gasteiger partial charge in [-0.15, -0.1) is 6.58 Å². The molecule has 0 bridgehead atoms. The van der Waals surface area contributed by atoms with Crippen molar-refractivity contribution in [1.82, 2.24) is 0 Å². The lowest BCUT2D eigenvalue weighted by Gasteiger charge is -2.28. The number of hydrogen-bond acceptors (Lipinski definition) is 0. The Morgan fingerprint density at radius 1 is 1.12 bits per heavy atom. The van der Waals surface area contributed by atoms with Crippen LogP contribution < -0.4 is 0 Å². The van der Waals surface area contributed by atoms with E-state index in [0.29, 0.717) is 0 Å². The molecule has 0 aliphatic rings. The van der Waals surface area contributed by atoms with E-state index in [9.17, 15) is 0 Å². The molecule has 0 saturated heterocycles. The van der Waals surface area contributed by atoms with E-state index in [1.807, 2.05) is 6.08 Å². The minimum Gasteiger partial charge on any atom is -0.103 e. The molecule has 0 fully saturated rings. The first-order chi connectivity index (χ1) is 12.3. The fourth-order valence-electron chi connectivity index (χ4n) is 3.44. The van der Waals surface area contributed by atoms with Crippen LogP contribution >= 0.6 is 11.6 Å². The van der Waals surface area contributed by atoms with Crippen molar-refractivity contribution in [3.63, 3.8) is 0 Å². The molecule has 26 heavy (non-hydrogen) atoms. The predicted octanol–water partition coefficient (Wildman–Crippen LogP) is 7.68. The maximum Gasteiger partial charge on any atom is 0.0443 e. The Morgan fingerprint density at radius 2 is 1.77 bits per heavy atom. The highest BCUT2D eigenvalue weighted by molar-refractivity contribution is 6.31. The summed E-state index contributed by atoms with van der Waals surface area (Å²) in [5.74, 6) is 0.746. The Hall–Kier alpha value is -1.53. The van der Waals surface area contributed by atoms with Gasteiger partial charge in [-0.3, -0.25) is 0 Å². The highest BCUT2D eigenvalue weighted by Gasteiger charge is 2.24. The molecule has 0 aromatic heterocycles. The molecule has 0 aliphatic heterocycles. The third kappa shape index (κ3) is 4.80. The summed E-state index contributed by atoms with van der Waals surface area (Å²) in [7, 11) is 0. The van der Waals surface area contributed by atoms with Crippen molar-refractivity contribution >= 4 is 11.6 Å². The van der Waals surface area contributed by atoms with Crippen LogP contribution in [0.5, 0.6) is 0 Å². The maximum absolute atomic E-state index is 6.71. The lowest BCUT2D eigenvalue weighted by atomic mass is 9.77. The summed E-state index contributed by atoms with van der Waals surface area (Å²) in [4.78, 5) is 0. The lowest BCUT2D eigenvalue weighted by Crippen LogP contribution is -2.19. The fraction of sp³-hybridized carbons (Fsp3) is 0.440. The van der Waals surface area contributed by atoms with Crippen molar-refractivity contribution in [1.29, 1.82) is 0 Å². The van der Waals surface area contributed by atoms with Crippen molar-refractivity contribution in [3.8, 4) is 0 Å². The number of benzene rings is 2. The largest absolute Gasteiger partial charge is 0.103 e. The lowest BCUT2D eigenvalue weighted by molar-refractivity contribution is 0.516. The first kappa shape index (κ1) is 20.8. The Balaban J connectivity index is 2.30. The van der Waals surface area contributed by atoms with Crippen LogP contribution in [0, 0.1) is 12.8 Å². The van der Waals surface area contributed by atoms with E-state index in [2.05, 4.69) is 77.6 Å². The average Bonchev–Trinajstić information content (AvgIpc) is 2.61. The summed E-state index contributed by atoms with van der Waals surface area (Å²) in [6.45, 7) is 15.1. The van der Waals surface area contributed by atoms with Crippen LogP contribution in [0.1, 0.15) is 68.4 Å². The first-order valence-electron chi connectivity index (χ1n) is 9.79. The van der Waals surface area contributed by atoms with Gasteiger partial charge in [-0.05, 0) is 66.0 Å². The predicted molar refractivity (Wildman–Crippen MR) is 116 cm³/mol. The Morgan fingerprint density at radius 3 is 2.31 bits per heavy atom. The van der Waals surface area contributed by atoms with Crippen LogP contribution in [-0.4, -0.2) is 0 Å². The van der Waals surface area contributed by atoms with Crippen molar-refractivity contribution in [2.45, 2.75) is 65.7 Å². The standard InChI is InChI=1S/C25H33Cl/c1-7-9-20-11-13-21(14-12-20)25(5,6)22-16-19(4)23(24(26)17-22)15-10-18(3)8-2/h7,11-14,16-18H,1,8-10,15H2,2-6H3. The second kappa shape index (κ2) is 8.91. The minimum absolute atomic E-state index is 0.0731. The quantitative estimate of drug-likeness (QED) is 0.419. The number of aryl methyl sites for hydroxylation is 1. The van der Waals surface area contributed by atoms with E-state index in [0.717, 1.165) is 23.8 Å². The van der Waals surface area contributed by atoms with Crippen molar-refractivity contribution in [3.05, 3.63) is 81.9 Å². The molecule has 0 spiro atoms. The SMILES string of the molecule is C=CCc1ccc(C(C)(C)c2cc(C)c(CCC(C)CC)c(Cl)c2)cc1. The normalized spacial score (nSPS) is 12.8. The third-order valence-electron chi connectivity index (χ3n) is 5.78. The molecular formula is C25H33Cl. The van der Waals surface area contributed by atoms with E-state index in [4.69, 9.17) is 11.6 Å². The van der Waals surface area contributed by atoms with Crippen LogP contribution in [0.4, 0.5) is 0 Å². The smallest absolute Gasteiger partial charge is 0.0443 e. The Kier molecular flexibility index (Phi) is 7.12. The van der Waals surface area contributed by atoms with Gasteiger partial charge < -0.3 is 0 Å². The molecule has 0 heterocycles. The van der Waals surface area contributed by atoms with E-state index < -0.39 is 0 Å². The van der Waals surface area contributed by atoms with Gasteiger partial charge in [0.1, 0.15) is 0 Å². The molecule has 140 valence electrons. The van der Waals surface area contributed by atoms with Crippen molar-refractivity contribution < 1.29 is 0 Å². The van der Waals surface area contributed by atoms with Crippen LogP contribution in [-0.2, 0) is 18.3 Å². The van der Waals surface area contributed by atoms with E-state index in [1.54, 1.807) is 0 Å². The molecule has 0 amide bonds. The van der Waals surface area contributed by atoms with E-state index in [1.165, 1.54) is 40.7 Å². The number of halogens is 1. The molecule has 0 radical (unpaired) electrons. The van der Waals surface area contributed by atoms with Gasteiger partial charge in [-0.2, -0.15) is 0 Å². The molecule has 2 rings (SSSR count). The number of hydrogen-bond donors (Lipinski definition) is 0. The molecule has 0 N–H and O–H groups in total. The van der Waals surface area contributed by atoms with Gasteiger partial charge in [0.15, 0.2) is 0 Å². The van der Waals surface area contributed by atoms with E-state index in [-0.39, 0.29) is 5.41 Å². The minimum atomic E-state index is -0.0731. The number of rotatable bonds is 8. The van der Waals surface area contributed by atoms with Gasteiger partial charge in [0.25, 0.3) is 0 Å². The van der Waals surface area contributed by atoms with Crippen LogP contribution in [0.25, 0.3) is 0 Å². The maximum atomic E-state index is 6.71. The monoisotopic (exact) mass is 368 g/mol. The summed E-state index contributed by atoms with van der Waals surface area (Å²) in [5.41, 5.74) is 6.45. The van der Waals surface area contributed by atoms with E-state index >= 15 is 0 Å². The molecule has 1 atom stereocenters. The summed E-state index contributed by atoms with van der Waals surface area (Å²) in [6.07, 6.45) is 6.35. The highest BCUT2D eigenvalue weighted by atomic mass is 35.5. The second-order valence-corrected chi connectivity index (χ2v) is 8.53. The van der Waals surface area contributed by atoms with Gasteiger partial charge in [0.2, 0.25) is 0 Å². The van der Waals surface area contributed by atoms with Crippen molar-refractivity contribution in [2.75, 3.05) is 0 Å². The zero-order valence-corrected chi connectivity index (χ0v) is 17.8. The van der Waals surface area contributed by atoms with Gasteiger partial charge in [-0.25, -0.2) is 0 Å². The van der Waals surface area contributed by atoms with Crippen molar-refractivity contribution in [2.24, 2.45) is 5.92 Å². The van der Waals surface area contributed by atoms with Gasteiger partial charge >= 0.3 is 0 Å². The molecule has 0 saturated carbocycles. The number of allylic oxidation sites excluding steroid dienone is 1. The zero-order chi connectivity index (χ0) is 19.3. The van der Waals surface area contributed by atoms with Gasteiger partial charge in [0, 0.05) is 10.4 Å². The summed E-state index contributed by atoms with van der Waals surface area (Å²) in [6, 6.07) is 13.4. The topological polar surface area (TPSA) is 0 Å². The summed E-state index contributed by atoms with van der Waals surface area (Å²) in [5, 5.41) is 0.916. The highest BCUT2D eigenvalue weighted by Crippen LogP contribution is 2.36. The molecule has 1 heteroatoms. The second-order valence-electron chi connectivity index (χ2n) is 8.12. The third-order valence-corrected chi connectivity index (χ3v) is 6.12. The van der Waals surface area contributed by atoms with Crippen LogP contribution in [0.3, 0.4) is 0 Å². The Bertz CT molecular complexity index is 714. The van der Waals surface area contributed by atoms with Gasteiger partial charge in [-0.1, -0.05) is 82.1 Å². The molecule has 0 nitrogen and oxygen atoms in total. The molecule has 1 unspecified atom stereocenters. The summed E-state index contributed by atoms with van der Waals surface area (Å²) < 4.78 is 0. The van der Waals surface area contributed by atoms with Gasteiger partial charge in [0.05, 0.1) is 0 Å².